The third-order valence-corrected chi connectivity index (χ3v) is 3.70. The van der Waals surface area contributed by atoms with Gasteiger partial charge in [0.25, 0.3) is 0 Å². The lowest BCUT2D eigenvalue weighted by molar-refractivity contribution is 0.447. The fourth-order valence-electron chi connectivity index (χ4n) is 2.15. The molecule has 1 fully saturated rings. The van der Waals surface area contributed by atoms with Gasteiger partial charge in [0.1, 0.15) is 0 Å². The van der Waals surface area contributed by atoms with E-state index >= 15 is 0 Å². The van der Waals surface area contributed by atoms with E-state index in [9.17, 15) is 0 Å². The summed E-state index contributed by atoms with van der Waals surface area (Å²) in [7, 11) is 0. The largest absolute Gasteiger partial charge is 0.315 e. The third-order valence-electron chi connectivity index (χ3n) is 3.27. The van der Waals surface area contributed by atoms with Crippen LogP contribution in [0.2, 0.25) is 5.02 Å². The number of nitrogens with one attached hydrogen (secondary N) is 1. The number of rotatable bonds is 1. The predicted molar refractivity (Wildman–Crippen MR) is 70.5 cm³/mol. The van der Waals surface area contributed by atoms with E-state index in [1.807, 2.05) is 0 Å². The number of hydrogen-bond acceptors (Lipinski definition) is 1. The van der Waals surface area contributed by atoms with Gasteiger partial charge in [0.15, 0.2) is 0 Å². The van der Waals surface area contributed by atoms with Gasteiger partial charge in [-0.2, -0.15) is 0 Å². The zero-order valence-corrected chi connectivity index (χ0v) is 11.3. The molecule has 0 atom stereocenters. The average molecular weight is 238 g/mol. The fraction of sp³-hybridized carbons (Fsp3) is 0.571. The monoisotopic (exact) mass is 237 g/mol. The predicted octanol–water partition coefficient (Wildman–Crippen LogP) is 3.63. The molecule has 2 rings (SSSR count). The van der Waals surface area contributed by atoms with Gasteiger partial charge in [-0.1, -0.05) is 50.1 Å². The first-order valence-corrected chi connectivity index (χ1v) is 6.28. The molecule has 1 nitrogen and oxygen atoms in total. The summed E-state index contributed by atoms with van der Waals surface area (Å²) in [5.74, 6) is 0.605. The Labute approximate surface area is 103 Å². The molecule has 88 valence electrons. The molecule has 0 saturated carbocycles. The van der Waals surface area contributed by atoms with E-state index in [0.717, 1.165) is 18.1 Å². The molecule has 1 aliphatic rings. The molecule has 1 heterocycles. The second-order valence-corrected chi connectivity index (χ2v) is 6.20. The fourth-order valence-corrected chi connectivity index (χ4v) is 2.70. The Morgan fingerprint density at radius 1 is 1.25 bits per heavy atom. The molecule has 16 heavy (non-hydrogen) atoms. The lowest BCUT2D eigenvalue weighted by Gasteiger charge is -2.31. The normalized spacial score (nSPS) is 17.3. The summed E-state index contributed by atoms with van der Waals surface area (Å²) in [5.41, 5.74) is 4.03. The zero-order valence-electron chi connectivity index (χ0n) is 10.5. The SMILES string of the molecule is Cc1cc(C2CNC2)c(Cl)c(C(C)(C)C)c1. The summed E-state index contributed by atoms with van der Waals surface area (Å²) in [5, 5.41) is 4.28. The molecule has 0 radical (unpaired) electrons. The molecule has 0 bridgehead atoms. The van der Waals surface area contributed by atoms with Crippen molar-refractivity contribution in [3.05, 3.63) is 33.8 Å². The minimum Gasteiger partial charge on any atom is -0.315 e. The Morgan fingerprint density at radius 2 is 1.88 bits per heavy atom. The molecule has 0 aromatic heterocycles. The Morgan fingerprint density at radius 3 is 2.31 bits per heavy atom. The highest BCUT2D eigenvalue weighted by atomic mass is 35.5. The highest BCUT2D eigenvalue weighted by molar-refractivity contribution is 6.32. The first-order chi connectivity index (χ1) is 7.39. The summed E-state index contributed by atoms with van der Waals surface area (Å²) in [6.07, 6.45) is 0. The molecule has 1 aliphatic heterocycles. The second-order valence-electron chi connectivity index (χ2n) is 5.82. The molecule has 1 saturated heterocycles. The summed E-state index contributed by atoms with van der Waals surface area (Å²) in [6, 6.07) is 4.46. The summed E-state index contributed by atoms with van der Waals surface area (Å²) < 4.78 is 0. The standard InChI is InChI=1S/C14H20ClN/c1-9-5-11(10-7-16-8-10)13(15)12(6-9)14(2,3)4/h5-6,10,16H,7-8H2,1-4H3. The maximum Gasteiger partial charge on any atom is 0.0479 e. The van der Waals surface area contributed by atoms with Crippen LogP contribution >= 0.6 is 11.6 Å². The molecule has 2 heteroatoms. The van der Waals surface area contributed by atoms with Gasteiger partial charge < -0.3 is 5.32 Å². The van der Waals surface area contributed by atoms with Gasteiger partial charge in [0, 0.05) is 24.0 Å². The third kappa shape index (κ3) is 2.11. The van der Waals surface area contributed by atoms with Gasteiger partial charge in [-0.25, -0.2) is 0 Å². The zero-order chi connectivity index (χ0) is 11.9. The van der Waals surface area contributed by atoms with E-state index in [2.05, 4.69) is 45.1 Å². The molecule has 1 aromatic rings. The van der Waals surface area contributed by atoms with Crippen LogP contribution in [0.1, 0.15) is 43.4 Å². The van der Waals surface area contributed by atoms with Gasteiger partial charge in [0.2, 0.25) is 0 Å². The van der Waals surface area contributed by atoms with Crippen molar-refractivity contribution >= 4 is 11.6 Å². The van der Waals surface area contributed by atoms with Gasteiger partial charge in [-0.15, -0.1) is 0 Å². The maximum atomic E-state index is 6.55. The Bertz CT molecular complexity index is 400. The molecule has 1 N–H and O–H groups in total. The number of aryl methyl sites for hydroxylation is 1. The van der Waals surface area contributed by atoms with E-state index in [1.165, 1.54) is 16.7 Å². The van der Waals surface area contributed by atoms with Crippen LogP contribution in [0.4, 0.5) is 0 Å². The topological polar surface area (TPSA) is 12.0 Å². The molecule has 0 amide bonds. The molecule has 1 aromatic carbocycles. The van der Waals surface area contributed by atoms with Crippen LogP contribution in [0.25, 0.3) is 0 Å². The molecular weight excluding hydrogens is 218 g/mol. The molecular formula is C14H20ClN. The van der Waals surface area contributed by atoms with Crippen molar-refractivity contribution in [2.75, 3.05) is 13.1 Å². The Hall–Kier alpha value is -0.530. The summed E-state index contributed by atoms with van der Waals surface area (Å²) >= 11 is 6.55. The van der Waals surface area contributed by atoms with Crippen molar-refractivity contribution in [1.29, 1.82) is 0 Å². The Balaban J connectivity index is 2.50. The summed E-state index contributed by atoms with van der Waals surface area (Å²) in [4.78, 5) is 0. The van der Waals surface area contributed by atoms with E-state index in [-0.39, 0.29) is 5.41 Å². The lowest BCUT2D eigenvalue weighted by Crippen LogP contribution is -2.40. The van der Waals surface area contributed by atoms with Gasteiger partial charge in [-0.05, 0) is 23.5 Å². The molecule has 0 aliphatic carbocycles. The van der Waals surface area contributed by atoms with Gasteiger partial charge in [0.05, 0.1) is 0 Å². The number of halogens is 1. The van der Waals surface area contributed by atoms with Crippen LogP contribution < -0.4 is 5.32 Å². The Kier molecular flexibility index (Phi) is 3.02. The van der Waals surface area contributed by atoms with Crippen LogP contribution in [0, 0.1) is 6.92 Å². The van der Waals surface area contributed by atoms with E-state index in [4.69, 9.17) is 11.6 Å². The minimum absolute atomic E-state index is 0.120. The van der Waals surface area contributed by atoms with Crippen LogP contribution in [0.15, 0.2) is 12.1 Å². The van der Waals surface area contributed by atoms with Crippen molar-refractivity contribution in [1.82, 2.24) is 5.32 Å². The smallest absolute Gasteiger partial charge is 0.0479 e. The first-order valence-electron chi connectivity index (χ1n) is 5.91. The average Bonchev–Trinajstić information content (AvgIpc) is 2.05. The van der Waals surface area contributed by atoms with Crippen LogP contribution in [-0.2, 0) is 5.41 Å². The minimum atomic E-state index is 0.120. The van der Waals surface area contributed by atoms with Gasteiger partial charge >= 0.3 is 0 Å². The highest BCUT2D eigenvalue weighted by Gasteiger charge is 2.26. The van der Waals surface area contributed by atoms with E-state index < -0.39 is 0 Å². The second kappa shape index (κ2) is 4.05. The van der Waals surface area contributed by atoms with Crippen molar-refractivity contribution in [3.8, 4) is 0 Å². The van der Waals surface area contributed by atoms with Crippen molar-refractivity contribution < 1.29 is 0 Å². The first kappa shape index (κ1) is 11.9. The molecule has 0 spiro atoms. The lowest BCUT2D eigenvalue weighted by atomic mass is 9.82. The van der Waals surface area contributed by atoms with Crippen LogP contribution in [0.5, 0.6) is 0 Å². The van der Waals surface area contributed by atoms with E-state index in [1.54, 1.807) is 0 Å². The number of hydrogen-bond donors (Lipinski definition) is 1. The quantitative estimate of drug-likeness (QED) is 0.787. The molecule has 0 unspecified atom stereocenters. The maximum absolute atomic E-state index is 6.55. The van der Waals surface area contributed by atoms with E-state index in [0.29, 0.717) is 5.92 Å². The van der Waals surface area contributed by atoms with Crippen LogP contribution in [-0.4, -0.2) is 13.1 Å². The highest BCUT2D eigenvalue weighted by Crippen LogP contribution is 2.37. The van der Waals surface area contributed by atoms with Crippen molar-refractivity contribution in [2.24, 2.45) is 0 Å². The van der Waals surface area contributed by atoms with Crippen LogP contribution in [0.3, 0.4) is 0 Å². The van der Waals surface area contributed by atoms with Crippen molar-refractivity contribution in [2.45, 2.75) is 39.0 Å². The van der Waals surface area contributed by atoms with Crippen molar-refractivity contribution in [3.63, 3.8) is 0 Å². The summed E-state index contributed by atoms with van der Waals surface area (Å²) in [6.45, 7) is 10.9. The van der Waals surface area contributed by atoms with Gasteiger partial charge in [-0.3, -0.25) is 0 Å². The number of benzene rings is 1.